The molecule has 0 aliphatic rings. The molecule has 0 heterocycles. The maximum atomic E-state index is 13.1. The van der Waals surface area contributed by atoms with Gasteiger partial charge in [0.25, 0.3) is 0 Å². The molecule has 0 aliphatic heterocycles. The number of hydrogen-bond donors (Lipinski definition) is 1. The van der Waals surface area contributed by atoms with E-state index in [1.54, 1.807) is 13.0 Å². The second-order valence-corrected chi connectivity index (χ2v) is 7.49. The van der Waals surface area contributed by atoms with Gasteiger partial charge < -0.3 is 5.11 Å². The number of aliphatic hydroxyl groups is 1. The number of benzene rings is 1. The van der Waals surface area contributed by atoms with Gasteiger partial charge in [0.1, 0.15) is 15.7 Å². The Morgan fingerprint density at radius 1 is 1.39 bits per heavy atom. The van der Waals surface area contributed by atoms with Crippen LogP contribution < -0.4 is 0 Å². The van der Waals surface area contributed by atoms with Crippen LogP contribution in [0.25, 0.3) is 0 Å². The monoisotopic (exact) mass is 338 g/mol. The number of rotatable bonds is 6. The van der Waals surface area contributed by atoms with Crippen molar-refractivity contribution in [3.8, 4) is 0 Å². The number of halogens is 2. The average molecular weight is 339 g/mol. The maximum Gasteiger partial charge on any atom is 0.150 e. The fourth-order valence-electron chi connectivity index (χ4n) is 1.58. The summed E-state index contributed by atoms with van der Waals surface area (Å²) < 4.78 is 36.2. The van der Waals surface area contributed by atoms with E-state index in [2.05, 4.69) is 15.9 Å². The van der Waals surface area contributed by atoms with E-state index >= 15 is 0 Å². The first kappa shape index (κ1) is 15.6. The first-order chi connectivity index (χ1) is 8.34. The predicted octanol–water partition coefficient (Wildman–Crippen LogP) is 2.84. The third kappa shape index (κ3) is 5.04. The molecule has 6 heteroatoms. The summed E-state index contributed by atoms with van der Waals surface area (Å²) in [5.41, 5.74) is 0.454. The van der Waals surface area contributed by atoms with E-state index < -0.39 is 21.8 Å². The van der Waals surface area contributed by atoms with Crippen LogP contribution in [0.3, 0.4) is 0 Å². The lowest BCUT2D eigenvalue weighted by atomic mass is 10.1. The Balaban J connectivity index is 2.58. The Bertz CT molecular complexity index is 482. The maximum absolute atomic E-state index is 13.1. The van der Waals surface area contributed by atoms with Crippen LogP contribution in [-0.4, -0.2) is 25.0 Å². The van der Waals surface area contributed by atoms with Gasteiger partial charge in [-0.1, -0.05) is 22.9 Å². The molecular formula is C12H16BrFO3S. The average Bonchev–Trinajstić information content (AvgIpc) is 2.27. The molecule has 1 aromatic rings. The zero-order chi connectivity index (χ0) is 13.8. The minimum absolute atomic E-state index is 0.0526. The van der Waals surface area contributed by atoms with Crippen molar-refractivity contribution in [3.63, 3.8) is 0 Å². The molecule has 1 unspecified atom stereocenters. The van der Waals surface area contributed by atoms with Crippen LogP contribution in [0.4, 0.5) is 4.39 Å². The molecule has 1 aromatic carbocycles. The van der Waals surface area contributed by atoms with Gasteiger partial charge >= 0.3 is 0 Å². The van der Waals surface area contributed by atoms with Crippen LogP contribution in [0.5, 0.6) is 0 Å². The fourth-order valence-corrected chi connectivity index (χ4v) is 2.95. The molecule has 0 saturated heterocycles. The summed E-state index contributed by atoms with van der Waals surface area (Å²) >= 11 is 3.15. The lowest BCUT2D eigenvalue weighted by Gasteiger charge is -2.11. The molecule has 0 aromatic heterocycles. The van der Waals surface area contributed by atoms with Crippen LogP contribution in [0.15, 0.2) is 22.7 Å². The molecule has 0 saturated carbocycles. The molecule has 1 N–H and O–H groups in total. The zero-order valence-electron chi connectivity index (χ0n) is 10.1. The number of aliphatic hydroxyl groups excluding tert-OH is 1. The standard InChI is InChI=1S/C12H16BrFO3S/c1-2-18(16,17)5-3-4-12(15)9-6-10(13)8-11(14)7-9/h6-8,12,15H,2-5H2,1H3. The Morgan fingerprint density at radius 2 is 2.06 bits per heavy atom. The van der Waals surface area contributed by atoms with E-state index in [1.165, 1.54) is 12.1 Å². The van der Waals surface area contributed by atoms with E-state index in [1.807, 2.05) is 0 Å². The van der Waals surface area contributed by atoms with Gasteiger partial charge in [-0.15, -0.1) is 0 Å². The van der Waals surface area contributed by atoms with Crippen LogP contribution in [0, 0.1) is 5.82 Å². The van der Waals surface area contributed by atoms with Crippen molar-refractivity contribution in [2.24, 2.45) is 0 Å². The van der Waals surface area contributed by atoms with E-state index in [0.717, 1.165) is 0 Å². The van der Waals surface area contributed by atoms with E-state index in [-0.39, 0.29) is 11.5 Å². The van der Waals surface area contributed by atoms with Crippen molar-refractivity contribution >= 4 is 25.8 Å². The summed E-state index contributed by atoms with van der Waals surface area (Å²) in [5, 5.41) is 9.86. The Kier molecular flexibility index (Phi) is 5.75. The van der Waals surface area contributed by atoms with Gasteiger partial charge in [-0.05, 0) is 36.6 Å². The molecule has 0 aliphatic carbocycles. The van der Waals surface area contributed by atoms with Crippen LogP contribution in [0.2, 0.25) is 0 Å². The largest absolute Gasteiger partial charge is 0.388 e. The van der Waals surface area contributed by atoms with Gasteiger partial charge in [-0.3, -0.25) is 0 Å². The second kappa shape index (κ2) is 6.63. The quantitative estimate of drug-likeness (QED) is 0.867. The molecule has 102 valence electrons. The summed E-state index contributed by atoms with van der Waals surface area (Å²) in [6, 6.07) is 4.18. The Hall–Kier alpha value is -0.460. The van der Waals surface area contributed by atoms with E-state index in [0.29, 0.717) is 22.9 Å². The minimum Gasteiger partial charge on any atom is -0.388 e. The molecule has 0 spiro atoms. The van der Waals surface area contributed by atoms with Gasteiger partial charge in [-0.25, -0.2) is 12.8 Å². The summed E-state index contributed by atoms with van der Waals surface area (Å²) in [4.78, 5) is 0. The van der Waals surface area contributed by atoms with Crippen molar-refractivity contribution in [3.05, 3.63) is 34.1 Å². The first-order valence-corrected chi connectivity index (χ1v) is 8.30. The van der Waals surface area contributed by atoms with Crippen molar-refractivity contribution < 1.29 is 17.9 Å². The third-order valence-electron chi connectivity index (χ3n) is 2.64. The Morgan fingerprint density at radius 3 is 2.61 bits per heavy atom. The summed E-state index contributed by atoms with van der Waals surface area (Å²) in [5.74, 6) is -0.273. The summed E-state index contributed by atoms with van der Waals surface area (Å²) in [6.07, 6.45) is -0.176. The normalized spacial score (nSPS) is 13.6. The smallest absolute Gasteiger partial charge is 0.150 e. The van der Waals surface area contributed by atoms with Gasteiger partial charge in [0.15, 0.2) is 0 Å². The van der Waals surface area contributed by atoms with E-state index in [9.17, 15) is 17.9 Å². The molecule has 0 bridgehead atoms. The lowest BCUT2D eigenvalue weighted by molar-refractivity contribution is 0.166. The van der Waals surface area contributed by atoms with Crippen molar-refractivity contribution in [2.45, 2.75) is 25.9 Å². The van der Waals surface area contributed by atoms with Crippen molar-refractivity contribution in [1.82, 2.24) is 0 Å². The highest BCUT2D eigenvalue weighted by molar-refractivity contribution is 9.10. The van der Waals surface area contributed by atoms with Gasteiger partial charge in [0.05, 0.1) is 11.9 Å². The summed E-state index contributed by atoms with van der Waals surface area (Å²) in [7, 11) is -3.01. The third-order valence-corrected chi connectivity index (χ3v) is 4.89. The van der Waals surface area contributed by atoms with Crippen molar-refractivity contribution in [2.75, 3.05) is 11.5 Å². The molecule has 0 radical (unpaired) electrons. The molecule has 1 rings (SSSR count). The molecule has 18 heavy (non-hydrogen) atoms. The molecule has 0 amide bonds. The highest BCUT2D eigenvalue weighted by atomic mass is 79.9. The molecule has 3 nitrogen and oxygen atoms in total. The molecular weight excluding hydrogens is 323 g/mol. The first-order valence-electron chi connectivity index (χ1n) is 5.68. The highest BCUT2D eigenvalue weighted by Gasteiger charge is 2.12. The highest BCUT2D eigenvalue weighted by Crippen LogP contribution is 2.23. The number of hydrogen-bond acceptors (Lipinski definition) is 3. The molecule has 0 fully saturated rings. The van der Waals surface area contributed by atoms with Gasteiger partial charge in [-0.2, -0.15) is 0 Å². The Labute approximate surface area is 115 Å². The van der Waals surface area contributed by atoms with Gasteiger partial charge in [0, 0.05) is 10.2 Å². The molecule has 1 atom stereocenters. The SMILES string of the molecule is CCS(=O)(=O)CCCC(O)c1cc(F)cc(Br)c1. The van der Waals surface area contributed by atoms with Crippen LogP contribution >= 0.6 is 15.9 Å². The zero-order valence-corrected chi connectivity index (χ0v) is 12.5. The topological polar surface area (TPSA) is 54.4 Å². The van der Waals surface area contributed by atoms with Crippen molar-refractivity contribution in [1.29, 1.82) is 0 Å². The predicted molar refractivity (Wildman–Crippen MR) is 72.6 cm³/mol. The minimum atomic E-state index is -3.01. The van der Waals surface area contributed by atoms with Crippen LogP contribution in [-0.2, 0) is 9.84 Å². The van der Waals surface area contributed by atoms with Gasteiger partial charge in [0.2, 0.25) is 0 Å². The second-order valence-electron chi connectivity index (χ2n) is 4.10. The fraction of sp³-hybridized carbons (Fsp3) is 0.500. The van der Waals surface area contributed by atoms with Crippen LogP contribution in [0.1, 0.15) is 31.4 Å². The number of sulfone groups is 1. The lowest BCUT2D eigenvalue weighted by Crippen LogP contribution is -2.10. The van der Waals surface area contributed by atoms with E-state index in [4.69, 9.17) is 0 Å². The summed E-state index contributed by atoms with van der Waals surface area (Å²) in [6.45, 7) is 1.59.